The van der Waals surface area contributed by atoms with Crippen molar-refractivity contribution < 1.29 is 4.55 Å². The molecule has 0 saturated heterocycles. The van der Waals surface area contributed by atoms with Crippen LogP contribution < -0.4 is 11.1 Å². The molecule has 0 aliphatic rings. The van der Waals surface area contributed by atoms with E-state index in [1.807, 2.05) is 13.8 Å². The van der Waals surface area contributed by atoms with E-state index < -0.39 is 22.3 Å². The molecule has 2 rings (SSSR count). The molecule has 0 saturated carbocycles. The topological polar surface area (TPSA) is 88.8 Å². The Labute approximate surface area is 100 Å². The SMILES string of the molecule is CC(C)[S+]([O-])c1ccc2[nH]c(=O)c(=O)[nH]c2c1. The maximum absolute atomic E-state index is 11.9. The van der Waals surface area contributed by atoms with Gasteiger partial charge in [-0.15, -0.1) is 0 Å². The van der Waals surface area contributed by atoms with E-state index in [1.165, 1.54) is 0 Å². The van der Waals surface area contributed by atoms with Crippen molar-refractivity contribution in [2.24, 2.45) is 0 Å². The summed E-state index contributed by atoms with van der Waals surface area (Å²) in [5, 5.41) is 0.00179. The van der Waals surface area contributed by atoms with Crippen molar-refractivity contribution in [3.8, 4) is 0 Å². The molecule has 1 atom stereocenters. The first kappa shape index (κ1) is 11.9. The maximum Gasteiger partial charge on any atom is 0.314 e. The smallest absolute Gasteiger partial charge is 0.314 e. The van der Waals surface area contributed by atoms with Crippen molar-refractivity contribution in [2.75, 3.05) is 0 Å². The molecule has 1 aromatic carbocycles. The van der Waals surface area contributed by atoms with Gasteiger partial charge in [0.25, 0.3) is 0 Å². The fourth-order valence-electron chi connectivity index (χ4n) is 1.49. The molecule has 0 aliphatic carbocycles. The van der Waals surface area contributed by atoms with Crippen molar-refractivity contribution in [1.82, 2.24) is 9.97 Å². The summed E-state index contributed by atoms with van der Waals surface area (Å²) in [4.78, 5) is 27.8. The highest BCUT2D eigenvalue weighted by Gasteiger charge is 2.16. The second-order valence-corrected chi connectivity index (χ2v) is 5.97. The molecule has 2 aromatic rings. The standard InChI is InChI=1S/C11H12N2O3S/c1-6(2)17(16)7-3-4-8-9(5-7)13-11(15)10(14)12-8/h3-6H,1-2H3,(H,12,14)(H,13,15). The van der Waals surface area contributed by atoms with E-state index in [1.54, 1.807) is 18.2 Å². The zero-order valence-electron chi connectivity index (χ0n) is 9.44. The first-order valence-electron chi connectivity index (χ1n) is 5.16. The van der Waals surface area contributed by atoms with Crippen LogP contribution in [0.3, 0.4) is 0 Å². The fourth-order valence-corrected chi connectivity index (χ4v) is 2.47. The summed E-state index contributed by atoms with van der Waals surface area (Å²) in [5.41, 5.74) is -0.375. The van der Waals surface area contributed by atoms with Gasteiger partial charge in [-0.2, -0.15) is 0 Å². The Morgan fingerprint density at radius 2 is 1.71 bits per heavy atom. The van der Waals surface area contributed by atoms with Crippen LogP contribution >= 0.6 is 0 Å². The maximum atomic E-state index is 11.9. The Morgan fingerprint density at radius 3 is 2.29 bits per heavy atom. The number of nitrogens with one attached hydrogen (secondary N) is 2. The number of benzene rings is 1. The molecule has 1 heterocycles. The Morgan fingerprint density at radius 1 is 1.12 bits per heavy atom. The molecule has 17 heavy (non-hydrogen) atoms. The molecule has 0 amide bonds. The van der Waals surface area contributed by atoms with Gasteiger partial charge in [0, 0.05) is 6.07 Å². The van der Waals surface area contributed by atoms with Crippen molar-refractivity contribution >= 4 is 22.2 Å². The first-order valence-corrected chi connectivity index (χ1v) is 6.37. The molecule has 0 spiro atoms. The van der Waals surface area contributed by atoms with E-state index in [4.69, 9.17) is 0 Å². The lowest BCUT2D eigenvalue weighted by molar-refractivity contribution is 0.586. The lowest BCUT2D eigenvalue weighted by Gasteiger charge is -2.13. The summed E-state index contributed by atoms with van der Waals surface area (Å²) >= 11 is -1.12. The van der Waals surface area contributed by atoms with Crippen LogP contribution in [-0.2, 0) is 11.2 Å². The predicted molar refractivity (Wildman–Crippen MR) is 66.7 cm³/mol. The quantitative estimate of drug-likeness (QED) is 0.610. The number of H-pyrrole nitrogens is 2. The third kappa shape index (κ3) is 2.27. The third-order valence-electron chi connectivity index (χ3n) is 2.35. The summed E-state index contributed by atoms with van der Waals surface area (Å²) < 4.78 is 11.9. The van der Waals surface area contributed by atoms with Crippen molar-refractivity contribution in [3.63, 3.8) is 0 Å². The minimum absolute atomic E-state index is 0.00179. The van der Waals surface area contributed by atoms with E-state index in [0.29, 0.717) is 15.9 Å². The molecule has 90 valence electrons. The minimum Gasteiger partial charge on any atom is -0.611 e. The normalized spacial score (nSPS) is 13.2. The first-order chi connectivity index (χ1) is 7.99. The highest BCUT2D eigenvalue weighted by molar-refractivity contribution is 7.92. The van der Waals surface area contributed by atoms with Gasteiger partial charge in [0.05, 0.1) is 11.0 Å². The van der Waals surface area contributed by atoms with E-state index in [0.717, 1.165) is 0 Å². The monoisotopic (exact) mass is 252 g/mol. The molecule has 5 nitrogen and oxygen atoms in total. The molecule has 0 radical (unpaired) electrons. The van der Waals surface area contributed by atoms with Crippen LogP contribution in [0.1, 0.15) is 13.8 Å². The average molecular weight is 252 g/mol. The van der Waals surface area contributed by atoms with Gasteiger partial charge >= 0.3 is 11.1 Å². The van der Waals surface area contributed by atoms with Crippen molar-refractivity contribution in [2.45, 2.75) is 24.0 Å². The molecular formula is C11H12N2O3S. The van der Waals surface area contributed by atoms with Crippen molar-refractivity contribution in [3.05, 3.63) is 38.9 Å². The van der Waals surface area contributed by atoms with Gasteiger partial charge in [-0.1, -0.05) is 0 Å². The van der Waals surface area contributed by atoms with E-state index in [-0.39, 0.29) is 5.25 Å². The van der Waals surface area contributed by atoms with Gasteiger partial charge in [-0.3, -0.25) is 9.59 Å². The fraction of sp³-hybridized carbons (Fsp3) is 0.273. The lowest BCUT2D eigenvalue weighted by atomic mass is 10.3. The summed E-state index contributed by atoms with van der Waals surface area (Å²) in [7, 11) is 0. The van der Waals surface area contributed by atoms with E-state index in [9.17, 15) is 14.1 Å². The number of aromatic nitrogens is 2. The molecular weight excluding hydrogens is 240 g/mol. The van der Waals surface area contributed by atoms with Gasteiger partial charge in [-0.05, 0) is 37.2 Å². The molecule has 1 aromatic heterocycles. The Hall–Kier alpha value is -1.53. The number of fused-ring (bicyclic) bond motifs is 1. The molecule has 0 aliphatic heterocycles. The molecule has 1 unspecified atom stereocenters. The highest BCUT2D eigenvalue weighted by atomic mass is 32.2. The Kier molecular flexibility index (Phi) is 3.08. The van der Waals surface area contributed by atoms with Crippen LogP contribution in [0, 0.1) is 0 Å². The zero-order valence-corrected chi connectivity index (χ0v) is 10.3. The number of hydrogen-bond acceptors (Lipinski definition) is 3. The summed E-state index contributed by atoms with van der Waals surface area (Å²) in [5.74, 6) is 0. The molecule has 2 N–H and O–H groups in total. The number of aromatic amines is 2. The van der Waals surface area contributed by atoms with Crippen LogP contribution in [-0.4, -0.2) is 19.8 Å². The second kappa shape index (κ2) is 4.38. The lowest BCUT2D eigenvalue weighted by Crippen LogP contribution is -2.29. The van der Waals surface area contributed by atoms with Crippen LogP contribution in [0.2, 0.25) is 0 Å². The number of rotatable bonds is 2. The average Bonchev–Trinajstić information content (AvgIpc) is 2.29. The Balaban J connectivity index is 2.62. The highest BCUT2D eigenvalue weighted by Crippen LogP contribution is 2.18. The van der Waals surface area contributed by atoms with Crippen LogP contribution in [0.5, 0.6) is 0 Å². The minimum atomic E-state index is -1.12. The van der Waals surface area contributed by atoms with Gasteiger partial charge in [0.1, 0.15) is 5.25 Å². The largest absolute Gasteiger partial charge is 0.611 e. The summed E-state index contributed by atoms with van der Waals surface area (Å²) in [6.45, 7) is 3.71. The van der Waals surface area contributed by atoms with Crippen LogP contribution in [0.25, 0.3) is 11.0 Å². The molecule has 0 fully saturated rings. The third-order valence-corrected chi connectivity index (χ3v) is 3.93. The zero-order chi connectivity index (χ0) is 12.6. The number of hydrogen-bond donors (Lipinski definition) is 2. The van der Waals surface area contributed by atoms with Gasteiger partial charge in [0.2, 0.25) is 0 Å². The predicted octanol–water partition coefficient (Wildman–Crippen LogP) is 0.732. The van der Waals surface area contributed by atoms with Gasteiger partial charge in [0.15, 0.2) is 4.90 Å². The second-order valence-electron chi connectivity index (χ2n) is 3.96. The molecule has 6 heteroatoms. The Bertz CT molecular complexity index is 660. The van der Waals surface area contributed by atoms with Crippen molar-refractivity contribution in [1.29, 1.82) is 0 Å². The van der Waals surface area contributed by atoms with Gasteiger partial charge < -0.3 is 14.5 Å². The molecule has 0 bridgehead atoms. The van der Waals surface area contributed by atoms with Crippen LogP contribution in [0.4, 0.5) is 0 Å². The van der Waals surface area contributed by atoms with E-state index >= 15 is 0 Å². The summed E-state index contributed by atoms with van der Waals surface area (Å²) in [6, 6.07) is 4.96. The van der Waals surface area contributed by atoms with E-state index in [2.05, 4.69) is 9.97 Å². The van der Waals surface area contributed by atoms with Crippen LogP contribution in [0.15, 0.2) is 32.7 Å². The summed E-state index contributed by atoms with van der Waals surface area (Å²) in [6.07, 6.45) is 0. The van der Waals surface area contributed by atoms with Gasteiger partial charge in [-0.25, -0.2) is 0 Å².